The lowest BCUT2D eigenvalue weighted by Gasteiger charge is -2.01. The first kappa shape index (κ1) is 9.34. The van der Waals surface area contributed by atoms with Gasteiger partial charge >= 0.3 is 0 Å². The molecule has 15 heavy (non-hydrogen) atoms. The fourth-order valence-electron chi connectivity index (χ4n) is 1.36. The van der Waals surface area contributed by atoms with Crippen molar-refractivity contribution in [2.75, 3.05) is 0 Å². The Morgan fingerprint density at radius 3 is 3.13 bits per heavy atom. The molecule has 0 aliphatic heterocycles. The zero-order valence-electron chi connectivity index (χ0n) is 8.14. The van der Waals surface area contributed by atoms with E-state index in [1.807, 2.05) is 6.07 Å². The number of rotatable bonds is 1. The van der Waals surface area contributed by atoms with Crippen LogP contribution < -0.4 is 5.56 Å². The highest BCUT2D eigenvalue weighted by atomic mass is 16.1. The van der Waals surface area contributed by atoms with Crippen molar-refractivity contribution in [3.8, 4) is 6.07 Å². The van der Waals surface area contributed by atoms with Crippen LogP contribution in [0.25, 0.3) is 10.9 Å². The van der Waals surface area contributed by atoms with E-state index in [2.05, 4.69) is 9.97 Å². The average Bonchev–Trinajstić information content (AvgIpc) is 2.22. The number of pyridine rings is 1. The molecule has 5 nitrogen and oxygen atoms in total. The molecule has 0 N–H and O–H groups in total. The second kappa shape index (κ2) is 3.50. The van der Waals surface area contributed by atoms with Crippen molar-refractivity contribution >= 4 is 10.9 Å². The minimum atomic E-state index is -0.228. The summed E-state index contributed by atoms with van der Waals surface area (Å²) in [6, 6.07) is 3.63. The van der Waals surface area contributed by atoms with E-state index in [1.54, 1.807) is 19.2 Å². The molecule has 0 saturated carbocycles. The molecule has 0 unspecified atom stereocenters. The molecule has 0 aliphatic carbocycles. The topological polar surface area (TPSA) is 71.6 Å². The summed E-state index contributed by atoms with van der Waals surface area (Å²) in [5, 5.41) is 8.96. The van der Waals surface area contributed by atoms with Gasteiger partial charge in [0.05, 0.1) is 17.0 Å². The number of aromatic nitrogens is 3. The molecule has 0 saturated heterocycles. The first-order valence-corrected chi connectivity index (χ1v) is 4.42. The molecule has 0 fully saturated rings. The van der Waals surface area contributed by atoms with E-state index in [9.17, 15) is 4.79 Å². The van der Waals surface area contributed by atoms with E-state index < -0.39 is 0 Å². The van der Waals surface area contributed by atoms with E-state index in [4.69, 9.17) is 5.26 Å². The van der Waals surface area contributed by atoms with Crippen LogP contribution in [0, 0.1) is 18.3 Å². The van der Waals surface area contributed by atoms with E-state index >= 15 is 0 Å². The van der Waals surface area contributed by atoms with Gasteiger partial charge in [-0.2, -0.15) is 5.26 Å². The Hall–Kier alpha value is -2.22. The first-order valence-electron chi connectivity index (χ1n) is 4.42. The first-order chi connectivity index (χ1) is 7.22. The summed E-state index contributed by atoms with van der Waals surface area (Å²) in [6.07, 6.45) is 3.06. The van der Waals surface area contributed by atoms with Crippen molar-refractivity contribution in [1.82, 2.24) is 14.5 Å². The molecular formula is C10H8N4O. The highest BCUT2D eigenvalue weighted by Crippen LogP contribution is 2.04. The number of nitrogens with zero attached hydrogens (tertiary/aromatic N) is 4. The Balaban J connectivity index is 2.76. The van der Waals surface area contributed by atoms with Gasteiger partial charge < -0.3 is 4.57 Å². The molecule has 0 spiro atoms. The predicted octanol–water partition coefficient (Wildman–Crippen LogP) is 0.623. The van der Waals surface area contributed by atoms with Crippen LogP contribution in [0.2, 0.25) is 0 Å². The molecule has 0 bridgehead atoms. The van der Waals surface area contributed by atoms with Gasteiger partial charge in [-0.05, 0) is 13.0 Å². The Bertz CT molecular complexity index is 609. The number of nitriles is 1. The Labute approximate surface area is 85.6 Å². The molecule has 5 heteroatoms. The molecule has 0 aliphatic rings. The molecular weight excluding hydrogens is 192 g/mol. The van der Waals surface area contributed by atoms with Gasteiger partial charge in [0.2, 0.25) is 0 Å². The van der Waals surface area contributed by atoms with Crippen LogP contribution in [0.1, 0.15) is 5.82 Å². The molecule has 0 atom stereocenters. The highest BCUT2D eigenvalue weighted by molar-refractivity contribution is 5.76. The highest BCUT2D eigenvalue weighted by Gasteiger charge is 2.03. The van der Waals surface area contributed by atoms with E-state index in [0.29, 0.717) is 16.7 Å². The van der Waals surface area contributed by atoms with Crippen molar-refractivity contribution in [2.24, 2.45) is 0 Å². The Kier molecular flexibility index (Phi) is 2.18. The standard InChI is InChI=1S/C10H8N4O/c1-7-12-6-8-9(13-7)2-4-14(5-3-11)10(8)15/h2,4,6H,5H2,1H3. The normalized spacial score (nSPS) is 10.1. The monoisotopic (exact) mass is 200 g/mol. The summed E-state index contributed by atoms with van der Waals surface area (Å²) in [7, 11) is 0. The second-order valence-corrected chi connectivity index (χ2v) is 3.12. The third kappa shape index (κ3) is 1.57. The maximum atomic E-state index is 11.8. The quantitative estimate of drug-likeness (QED) is 0.676. The van der Waals surface area contributed by atoms with E-state index in [1.165, 1.54) is 10.8 Å². The summed E-state index contributed by atoms with van der Waals surface area (Å²) in [6.45, 7) is 1.81. The van der Waals surface area contributed by atoms with Crippen LogP contribution in [-0.2, 0) is 6.54 Å². The molecule has 2 rings (SSSR count). The van der Waals surface area contributed by atoms with Crippen LogP contribution in [0.5, 0.6) is 0 Å². The summed E-state index contributed by atoms with van der Waals surface area (Å²) >= 11 is 0. The SMILES string of the molecule is Cc1ncc2c(=O)n(CC#N)ccc2n1. The van der Waals surface area contributed by atoms with Gasteiger partial charge in [-0.25, -0.2) is 9.97 Å². The Morgan fingerprint density at radius 1 is 1.60 bits per heavy atom. The fraction of sp³-hybridized carbons (Fsp3) is 0.200. The lowest BCUT2D eigenvalue weighted by molar-refractivity contribution is 0.796. The minimum absolute atomic E-state index is 0.0443. The summed E-state index contributed by atoms with van der Waals surface area (Å²) in [5.41, 5.74) is 0.385. The van der Waals surface area contributed by atoms with Gasteiger partial charge in [-0.1, -0.05) is 0 Å². The lowest BCUT2D eigenvalue weighted by Crippen LogP contribution is -2.19. The maximum absolute atomic E-state index is 11.8. The maximum Gasteiger partial charge on any atom is 0.262 e. The molecule has 0 radical (unpaired) electrons. The van der Waals surface area contributed by atoms with E-state index in [-0.39, 0.29) is 12.1 Å². The van der Waals surface area contributed by atoms with Crippen LogP contribution in [0.4, 0.5) is 0 Å². The third-order valence-electron chi connectivity index (χ3n) is 2.08. The molecule has 0 amide bonds. The van der Waals surface area contributed by atoms with Gasteiger partial charge in [-0.15, -0.1) is 0 Å². The van der Waals surface area contributed by atoms with Crippen LogP contribution in [0.15, 0.2) is 23.3 Å². The molecule has 0 aromatic carbocycles. The zero-order chi connectivity index (χ0) is 10.8. The number of aryl methyl sites for hydroxylation is 1. The largest absolute Gasteiger partial charge is 0.301 e. The predicted molar refractivity (Wildman–Crippen MR) is 54.1 cm³/mol. The van der Waals surface area contributed by atoms with Crippen molar-refractivity contribution < 1.29 is 0 Å². The van der Waals surface area contributed by atoms with Gasteiger partial charge in [0.1, 0.15) is 12.4 Å². The molecule has 2 heterocycles. The van der Waals surface area contributed by atoms with Crippen molar-refractivity contribution in [1.29, 1.82) is 5.26 Å². The van der Waals surface area contributed by atoms with Crippen LogP contribution in [-0.4, -0.2) is 14.5 Å². The third-order valence-corrected chi connectivity index (χ3v) is 2.08. The summed E-state index contributed by atoms with van der Waals surface area (Å²) in [4.78, 5) is 19.9. The number of hydrogen-bond acceptors (Lipinski definition) is 4. The summed E-state index contributed by atoms with van der Waals surface area (Å²) < 4.78 is 1.33. The van der Waals surface area contributed by atoms with Crippen LogP contribution >= 0.6 is 0 Å². The molecule has 2 aromatic rings. The van der Waals surface area contributed by atoms with Gasteiger partial charge in [-0.3, -0.25) is 4.79 Å². The van der Waals surface area contributed by atoms with Gasteiger partial charge in [0.15, 0.2) is 0 Å². The number of fused-ring (bicyclic) bond motifs is 1. The van der Waals surface area contributed by atoms with E-state index in [0.717, 1.165) is 0 Å². The van der Waals surface area contributed by atoms with Gasteiger partial charge in [0, 0.05) is 12.4 Å². The van der Waals surface area contributed by atoms with Crippen molar-refractivity contribution in [3.63, 3.8) is 0 Å². The van der Waals surface area contributed by atoms with Crippen molar-refractivity contribution in [2.45, 2.75) is 13.5 Å². The second-order valence-electron chi connectivity index (χ2n) is 3.12. The number of hydrogen-bond donors (Lipinski definition) is 0. The zero-order valence-corrected chi connectivity index (χ0v) is 8.14. The molecule has 74 valence electrons. The van der Waals surface area contributed by atoms with Crippen LogP contribution in [0.3, 0.4) is 0 Å². The molecule has 2 aromatic heterocycles. The summed E-state index contributed by atoms with van der Waals surface area (Å²) in [5.74, 6) is 0.625. The minimum Gasteiger partial charge on any atom is -0.301 e. The smallest absolute Gasteiger partial charge is 0.262 e. The Morgan fingerprint density at radius 2 is 2.40 bits per heavy atom. The lowest BCUT2D eigenvalue weighted by atomic mass is 10.3. The van der Waals surface area contributed by atoms with Crippen molar-refractivity contribution in [3.05, 3.63) is 34.6 Å². The fourth-order valence-corrected chi connectivity index (χ4v) is 1.36. The average molecular weight is 200 g/mol. The van der Waals surface area contributed by atoms with Gasteiger partial charge in [0.25, 0.3) is 5.56 Å².